The van der Waals surface area contributed by atoms with Crippen molar-refractivity contribution in [2.45, 2.75) is 108 Å². The van der Waals surface area contributed by atoms with Crippen molar-refractivity contribution in [2.24, 2.45) is 11.8 Å². The number of aryl methyl sites for hydroxylation is 4. The van der Waals surface area contributed by atoms with Crippen LogP contribution < -0.4 is 18.9 Å². The summed E-state index contributed by atoms with van der Waals surface area (Å²) in [6, 6.07) is 33.0. The lowest BCUT2D eigenvalue weighted by atomic mass is 9.80. The second-order valence-corrected chi connectivity index (χ2v) is 31.5. The van der Waals surface area contributed by atoms with Crippen LogP contribution in [-0.2, 0) is 61.9 Å². The average Bonchev–Trinajstić information content (AvgIpc) is 0.669. The number of imide groups is 2. The molecule has 2 unspecified atom stereocenters. The Morgan fingerprint density at radius 2 is 0.557 bits per heavy atom. The number of ether oxygens (including phenoxy) is 12. The van der Waals surface area contributed by atoms with Gasteiger partial charge in [-0.15, -0.1) is 0 Å². The number of fused-ring (bicyclic) bond motifs is 2. The van der Waals surface area contributed by atoms with Gasteiger partial charge in [-0.05, 0) is 153 Å². The first-order chi connectivity index (χ1) is 58.3. The molecule has 640 valence electrons. The molecule has 2 heterocycles. The first kappa shape index (κ1) is 90.2. The molecule has 25 nitrogen and oxygen atoms in total. The van der Waals surface area contributed by atoms with E-state index in [1.54, 1.807) is 86.6 Å². The van der Waals surface area contributed by atoms with E-state index >= 15 is 24.0 Å². The summed E-state index contributed by atoms with van der Waals surface area (Å²) < 4.78 is 74.4. The van der Waals surface area contributed by atoms with Crippen molar-refractivity contribution < 1.29 is 100.0 Å². The van der Waals surface area contributed by atoms with E-state index in [0.29, 0.717) is 28.7 Å². The lowest BCUT2D eigenvalue weighted by molar-refractivity contribution is -0.142. The highest BCUT2D eigenvalue weighted by Gasteiger charge is 2.47. The minimum Gasteiger partial charge on any atom is -0.460 e. The number of carbonyl (C=O) groups is 9. The zero-order valence-corrected chi connectivity index (χ0v) is 71.5. The largest absolute Gasteiger partial charge is 0.460 e. The van der Waals surface area contributed by atoms with E-state index < -0.39 is 65.5 Å². The number of carbonyl (C=O) groups excluding carboxylic acids is 9. The zero-order valence-electron chi connectivity index (χ0n) is 71.5. The first-order valence-electron chi connectivity index (χ1n) is 40.8. The van der Waals surface area contributed by atoms with Crippen molar-refractivity contribution in [3.05, 3.63) is 227 Å². The molecular formula is C97H106N4O21. The highest BCUT2D eigenvalue weighted by Crippen LogP contribution is 2.58. The van der Waals surface area contributed by atoms with Crippen molar-refractivity contribution in [1.82, 2.24) is 19.6 Å². The van der Waals surface area contributed by atoms with Gasteiger partial charge in [0.1, 0.15) is 78.5 Å². The molecule has 9 aromatic rings. The minimum atomic E-state index is -1.49. The fourth-order valence-electron chi connectivity index (χ4n) is 14.5. The predicted octanol–water partition coefficient (Wildman–Crippen LogP) is 17.3. The number of amides is 5. The number of hydrogen-bond acceptors (Lipinski definition) is 22. The van der Waals surface area contributed by atoms with Crippen molar-refractivity contribution in [3.63, 3.8) is 0 Å². The Labute approximate surface area is 710 Å². The van der Waals surface area contributed by atoms with Crippen LogP contribution >= 0.6 is 0 Å². The third-order valence-corrected chi connectivity index (χ3v) is 20.6. The van der Waals surface area contributed by atoms with Gasteiger partial charge in [0.15, 0.2) is 0 Å². The summed E-state index contributed by atoms with van der Waals surface area (Å²) in [4.78, 5) is 138. The van der Waals surface area contributed by atoms with Gasteiger partial charge >= 0.3 is 23.9 Å². The Morgan fingerprint density at radius 1 is 0.320 bits per heavy atom. The zero-order chi connectivity index (χ0) is 87.9. The van der Waals surface area contributed by atoms with Gasteiger partial charge < -0.3 is 66.6 Å². The Bertz CT molecular complexity index is 4880. The molecule has 0 bridgehead atoms. The number of nitrogens with zero attached hydrogens (tertiary/aromatic N) is 4. The summed E-state index contributed by atoms with van der Waals surface area (Å²) in [5.41, 5.74) is 4.80. The van der Waals surface area contributed by atoms with E-state index in [-0.39, 0.29) is 241 Å². The predicted molar refractivity (Wildman–Crippen MR) is 464 cm³/mol. The monoisotopic (exact) mass is 1660 g/mol. The van der Waals surface area contributed by atoms with E-state index in [2.05, 4.69) is 32.9 Å². The van der Waals surface area contributed by atoms with Crippen molar-refractivity contribution in [2.75, 3.05) is 105 Å². The molecule has 0 aliphatic carbocycles. The van der Waals surface area contributed by atoms with Gasteiger partial charge in [-0.2, -0.15) is 0 Å². The third-order valence-electron chi connectivity index (χ3n) is 20.6. The minimum absolute atomic E-state index is 0.0294. The molecule has 9 aromatic carbocycles. The van der Waals surface area contributed by atoms with E-state index in [0.717, 1.165) is 27.2 Å². The normalized spacial score (nSPS) is 12.9. The molecule has 0 radical (unpaired) electrons. The van der Waals surface area contributed by atoms with Crippen LogP contribution in [0.3, 0.4) is 0 Å². The molecule has 0 fully saturated rings. The molecule has 0 N–H and O–H groups in total. The van der Waals surface area contributed by atoms with Crippen LogP contribution in [0.4, 0.5) is 0 Å². The fraction of sp³-hybridized carbons (Fsp3) is 0.351. The van der Waals surface area contributed by atoms with Crippen LogP contribution in [0.25, 0.3) is 43.1 Å². The van der Waals surface area contributed by atoms with Crippen LogP contribution in [0.1, 0.15) is 132 Å². The lowest BCUT2D eigenvalue weighted by Gasteiger charge is -2.40. The maximum absolute atomic E-state index is 16.8. The lowest BCUT2D eigenvalue weighted by Crippen LogP contribution is -2.56. The highest BCUT2D eigenvalue weighted by molar-refractivity contribution is 6.45. The molecule has 5 amide bonds. The van der Waals surface area contributed by atoms with E-state index in [9.17, 15) is 19.2 Å². The van der Waals surface area contributed by atoms with Crippen molar-refractivity contribution >= 4 is 96.5 Å². The number of esters is 4. The van der Waals surface area contributed by atoms with Gasteiger partial charge in [0, 0.05) is 97.3 Å². The van der Waals surface area contributed by atoms with Crippen LogP contribution in [-0.4, -0.2) is 191 Å². The van der Waals surface area contributed by atoms with Crippen LogP contribution in [0, 0.1) is 39.5 Å². The SMILES string of the molecule is C=C(C)C(=O)OCCOCCN(CCOCCOC(=O)C(=C)C)C(=C)C(CC(C)C)N1C(=O)c2cc(Oc3ccc(C)cc3)c3c4c(Oc5ccc(C)cc5)cc5c6c(cc(Oc7ccc(C)cc7)c(c7c(Oc8ccc(C)cc8)cc(c2c37)C1=O)c64)C(=O)N(C(CC(C)C)C(=O)N(CCOCCOC(=O)C(=C)C)CCOCCOC(=O)C(=C)C)C5=O. The maximum Gasteiger partial charge on any atom is 0.333 e. The molecular weight excluding hydrogens is 1560 g/mol. The topological polar surface area (TPSA) is 277 Å². The number of hydrogen-bond donors (Lipinski definition) is 0. The summed E-state index contributed by atoms with van der Waals surface area (Å²) in [6.07, 6.45) is 0.170. The summed E-state index contributed by atoms with van der Waals surface area (Å²) in [5.74, 6) is -5.10. The second kappa shape index (κ2) is 40.7. The smallest absolute Gasteiger partial charge is 0.333 e. The van der Waals surface area contributed by atoms with Gasteiger partial charge in [-0.25, -0.2) is 19.2 Å². The summed E-state index contributed by atoms with van der Waals surface area (Å²) in [6.45, 7) is 40.5. The van der Waals surface area contributed by atoms with E-state index in [4.69, 9.17) is 56.8 Å². The summed E-state index contributed by atoms with van der Waals surface area (Å²) >= 11 is 0. The standard InChI is InChI=1S/C97H106N4O21/c1-56(2)50-75(66(17)98(34-38-111-42-46-115-94(107)58(5)6)35-39-112-43-47-116-95(108)59(7)8)100-89(102)71-52-77(119-67-26-18-62(13)19-27-67)83-85-79(121-69-30-22-64(15)23-31-69)54-73-82-74(55-80(122-70-32-24-65(16)25-33-70)86(88(82)85)84-78(120-68-28-20-63(14)21-29-68)53-72(90(100)103)81(71)87(83)84)92(105)101(91(73)104)76(51-57(3)4)93(106)99(36-40-113-44-48-117-96(109)60(9)10)37-41-114-45-49-118-97(110)61(11)12/h18-33,52-57,75-76H,5,7,9,11,17,34-51H2,1-4,6,8,10,12-16H3. The van der Waals surface area contributed by atoms with E-state index in [1.165, 1.54) is 23.6 Å². The molecule has 122 heavy (non-hydrogen) atoms. The fourth-order valence-corrected chi connectivity index (χ4v) is 14.5. The van der Waals surface area contributed by atoms with Crippen molar-refractivity contribution in [3.8, 4) is 46.0 Å². The third kappa shape index (κ3) is 21.2. The Hall–Kier alpha value is -12.6. The molecule has 0 saturated carbocycles. The second-order valence-electron chi connectivity index (χ2n) is 31.5. The quantitative estimate of drug-likeness (QED) is 0.00652. The first-order valence-corrected chi connectivity index (χ1v) is 40.8. The number of benzene rings is 9. The Balaban J connectivity index is 1.17. The Kier molecular flexibility index (Phi) is 30.1. The van der Waals surface area contributed by atoms with Crippen molar-refractivity contribution in [1.29, 1.82) is 0 Å². The Morgan fingerprint density at radius 3 is 0.803 bits per heavy atom. The van der Waals surface area contributed by atoms with Gasteiger partial charge in [0.2, 0.25) is 5.91 Å². The van der Waals surface area contributed by atoms with E-state index in [1.807, 2.05) is 109 Å². The van der Waals surface area contributed by atoms with Crippen LogP contribution in [0.15, 0.2) is 182 Å². The van der Waals surface area contributed by atoms with Crippen LogP contribution in [0.5, 0.6) is 46.0 Å². The van der Waals surface area contributed by atoms with Gasteiger partial charge in [-0.3, -0.25) is 33.8 Å². The molecule has 0 saturated heterocycles. The van der Waals surface area contributed by atoms with Gasteiger partial charge in [0.05, 0.1) is 81.2 Å². The molecule has 2 aliphatic rings. The summed E-state index contributed by atoms with van der Waals surface area (Å²) in [5, 5.41) is 1.87. The molecule has 0 aromatic heterocycles. The summed E-state index contributed by atoms with van der Waals surface area (Å²) in [7, 11) is 0. The molecule has 0 spiro atoms. The molecule has 2 aliphatic heterocycles. The number of rotatable bonds is 45. The van der Waals surface area contributed by atoms with Crippen LogP contribution in [0.2, 0.25) is 0 Å². The molecule has 25 heteroatoms. The van der Waals surface area contributed by atoms with Gasteiger partial charge in [0.25, 0.3) is 23.6 Å². The van der Waals surface area contributed by atoms with Gasteiger partial charge in [-0.1, -0.05) is 131 Å². The molecule has 2 atom stereocenters. The molecule has 11 rings (SSSR count). The average molecular weight is 1660 g/mol. The maximum atomic E-state index is 16.8. The highest BCUT2D eigenvalue weighted by atomic mass is 16.6.